The van der Waals surface area contributed by atoms with Gasteiger partial charge in [-0.3, -0.25) is 4.79 Å². The fourth-order valence-electron chi connectivity index (χ4n) is 2.07. The van der Waals surface area contributed by atoms with Gasteiger partial charge in [0.15, 0.2) is 0 Å². The van der Waals surface area contributed by atoms with Crippen molar-refractivity contribution in [1.82, 2.24) is 0 Å². The average molecular weight is 374 g/mol. The third kappa shape index (κ3) is 5.91. The van der Waals surface area contributed by atoms with Gasteiger partial charge in [-0.15, -0.1) is 0 Å². The van der Waals surface area contributed by atoms with E-state index in [4.69, 9.17) is 5.73 Å². The molecule has 0 heterocycles. The summed E-state index contributed by atoms with van der Waals surface area (Å²) in [6, 6.07) is 5.95. The molecule has 0 fully saturated rings. The zero-order chi connectivity index (χ0) is 14.4. The van der Waals surface area contributed by atoms with Crippen LogP contribution in [-0.4, -0.2) is 12.5 Å². The molecule has 1 amide bonds. The van der Waals surface area contributed by atoms with Crippen molar-refractivity contribution >= 4 is 34.2 Å². The minimum absolute atomic E-state index is 0.0516. The van der Waals surface area contributed by atoms with Gasteiger partial charge in [-0.2, -0.15) is 0 Å². The van der Waals surface area contributed by atoms with Gasteiger partial charge in [0.2, 0.25) is 5.91 Å². The van der Waals surface area contributed by atoms with Crippen molar-refractivity contribution in [2.75, 3.05) is 11.9 Å². The summed E-state index contributed by atoms with van der Waals surface area (Å²) in [5, 5.41) is 2.95. The lowest BCUT2D eigenvalue weighted by Crippen LogP contribution is -2.23. The molecule has 0 radical (unpaired) electrons. The zero-order valence-electron chi connectivity index (χ0n) is 11.9. The van der Waals surface area contributed by atoms with E-state index in [1.807, 2.05) is 18.2 Å². The molecule has 106 valence electrons. The molecule has 4 heteroatoms. The second kappa shape index (κ2) is 7.85. The van der Waals surface area contributed by atoms with Gasteiger partial charge < -0.3 is 11.1 Å². The molecule has 3 nitrogen and oxygen atoms in total. The quantitative estimate of drug-likeness (QED) is 0.749. The maximum absolute atomic E-state index is 12.0. The Labute approximate surface area is 129 Å². The Balaban J connectivity index is 2.56. The minimum atomic E-state index is 0.0516. The molecule has 1 unspecified atom stereocenters. The first-order valence-electron chi connectivity index (χ1n) is 6.68. The fourth-order valence-corrected chi connectivity index (χ4v) is 2.59. The molecule has 19 heavy (non-hydrogen) atoms. The first kappa shape index (κ1) is 16.4. The Morgan fingerprint density at radius 1 is 1.42 bits per heavy atom. The first-order valence-corrected chi connectivity index (χ1v) is 7.76. The van der Waals surface area contributed by atoms with Crippen LogP contribution in [0.3, 0.4) is 0 Å². The van der Waals surface area contributed by atoms with Crippen molar-refractivity contribution in [3.63, 3.8) is 0 Å². The van der Waals surface area contributed by atoms with E-state index in [0.717, 1.165) is 15.7 Å². The minimum Gasteiger partial charge on any atom is -0.330 e. The zero-order valence-corrected chi connectivity index (χ0v) is 14.0. The molecule has 0 aliphatic heterocycles. The monoisotopic (exact) mass is 374 g/mol. The number of amides is 1. The van der Waals surface area contributed by atoms with Gasteiger partial charge in [-0.05, 0) is 72.0 Å². The summed E-state index contributed by atoms with van der Waals surface area (Å²) in [7, 11) is 0. The van der Waals surface area contributed by atoms with Gasteiger partial charge in [-0.25, -0.2) is 0 Å². The number of aryl methyl sites for hydroxylation is 1. The van der Waals surface area contributed by atoms with E-state index in [1.54, 1.807) is 0 Å². The smallest absolute Gasteiger partial charge is 0.224 e. The topological polar surface area (TPSA) is 55.1 Å². The van der Waals surface area contributed by atoms with E-state index in [-0.39, 0.29) is 11.8 Å². The molecule has 0 aliphatic rings. The molecule has 1 aromatic carbocycles. The number of nitrogens with two attached hydrogens (primary N) is 1. The van der Waals surface area contributed by atoms with Crippen LogP contribution in [0.1, 0.15) is 32.3 Å². The summed E-state index contributed by atoms with van der Waals surface area (Å²) in [4.78, 5) is 12.0. The van der Waals surface area contributed by atoms with Gasteiger partial charge in [-0.1, -0.05) is 19.9 Å². The summed E-state index contributed by atoms with van der Waals surface area (Å²) in [5.74, 6) is 0.891. The Morgan fingerprint density at radius 3 is 2.63 bits per heavy atom. The average Bonchev–Trinajstić information content (AvgIpc) is 2.32. The summed E-state index contributed by atoms with van der Waals surface area (Å²) in [5.41, 5.74) is 7.81. The maximum Gasteiger partial charge on any atom is 0.224 e. The molecule has 0 saturated carbocycles. The SMILES string of the molecule is Cc1ccc(NC(=O)CC(CN)CC(C)C)cc1I. The third-order valence-electron chi connectivity index (χ3n) is 3.07. The molecular formula is C15H23IN2O. The number of benzene rings is 1. The largest absolute Gasteiger partial charge is 0.330 e. The molecule has 1 rings (SSSR count). The number of carbonyl (C=O) groups excluding carboxylic acids is 1. The maximum atomic E-state index is 12.0. The number of carbonyl (C=O) groups is 1. The molecule has 0 bridgehead atoms. The van der Waals surface area contributed by atoms with Gasteiger partial charge in [0.05, 0.1) is 0 Å². The Kier molecular flexibility index (Phi) is 6.79. The van der Waals surface area contributed by atoms with E-state index >= 15 is 0 Å². The number of rotatable bonds is 6. The van der Waals surface area contributed by atoms with E-state index in [0.29, 0.717) is 18.9 Å². The van der Waals surface area contributed by atoms with Gasteiger partial charge >= 0.3 is 0 Å². The van der Waals surface area contributed by atoms with E-state index in [1.165, 1.54) is 5.56 Å². The molecule has 0 spiro atoms. The van der Waals surface area contributed by atoms with Crippen molar-refractivity contribution in [3.8, 4) is 0 Å². The number of halogens is 1. The van der Waals surface area contributed by atoms with Crippen LogP contribution in [-0.2, 0) is 4.79 Å². The molecular weight excluding hydrogens is 351 g/mol. The van der Waals surface area contributed by atoms with Crippen LogP contribution < -0.4 is 11.1 Å². The van der Waals surface area contributed by atoms with Crippen molar-refractivity contribution < 1.29 is 4.79 Å². The Morgan fingerprint density at radius 2 is 2.11 bits per heavy atom. The number of hydrogen-bond acceptors (Lipinski definition) is 2. The Hall–Kier alpha value is -0.620. The van der Waals surface area contributed by atoms with Crippen LogP contribution in [0.5, 0.6) is 0 Å². The van der Waals surface area contributed by atoms with Crippen LogP contribution in [0.25, 0.3) is 0 Å². The van der Waals surface area contributed by atoms with Gasteiger partial charge in [0.1, 0.15) is 0 Å². The van der Waals surface area contributed by atoms with Crippen molar-refractivity contribution in [2.24, 2.45) is 17.6 Å². The highest BCUT2D eigenvalue weighted by atomic mass is 127. The van der Waals surface area contributed by atoms with Gasteiger partial charge in [0.25, 0.3) is 0 Å². The Bertz CT molecular complexity index is 432. The van der Waals surface area contributed by atoms with Crippen LogP contribution >= 0.6 is 22.6 Å². The standard InChI is InChI=1S/C15H23IN2O/c1-10(2)6-12(9-17)7-15(19)18-13-5-4-11(3)14(16)8-13/h4-5,8,10,12H,6-7,9,17H2,1-3H3,(H,18,19). The highest BCUT2D eigenvalue weighted by Crippen LogP contribution is 2.19. The van der Waals surface area contributed by atoms with Crippen molar-refractivity contribution in [2.45, 2.75) is 33.6 Å². The van der Waals surface area contributed by atoms with Crippen molar-refractivity contribution in [3.05, 3.63) is 27.3 Å². The first-order chi connectivity index (χ1) is 8.92. The van der Waals surface area contributed by atoms with E-state index in [2.05, 4.69) is 48.7 Å². The molecule has 3 N–H and O–H groups in total. The van der Waals surface area contributed by atoms with E-state index in [9.17, 15) is 4.79 Å². The molecule has 1 atom stereocenters. The third-order valence-corrected chi connectivity index (χ3v) is 4.23. The van der Waals surface area contributed by atoms with E-state index < -0.39 is 0 Å². The van der Waals surface area contributed by atoms with Crippen LogP contribution in [0.2, 0.25) is 0 Å². The lowest BCUT2D eigenvalue weighted by atomic mass is 9.94. The lowest BCUT2D eigenvalue weighted by Gasteiger charge is -2.16. The van der Waals surface area contributed by atoms with Crippen LogP contribution in [0.4, 0.5) is 5.69 Å². The van der Waals surface area contributed by atoms with Gasteiger partial charge in [0, 0.05) is 15.7 Å². The number of hydrogen-bond donors (Lipinski definition) is 2. The van der Waals surface area contributed by atoms with Crippen LogP contribution in [0.15, 0.2) is 18.2 Å². The molecule has 0 aromatic heterocycles. The predicted octanol–water partition coefficient (Wildman–Crippen LogP) is 3.55. The number of anilines is 1. The summed E-state index contributed by atoms with van der Waals surface area (Å²) in [6.07, 6.45) is 1.49. The van der Waals surface area contributed by atoms with Crippen molar-refractivity contribution in [1.29, 1.82) is 0 Å². The second-order valence-corrected chi connectivity index (χ2v) is 6.61. The summed E-state index contributed by atoms with van der Waals surface area (Å²) < 4.78 is 1.16. The normalized spacial score (nSPS) is 12.5. The second-order valence-electron chi connectivity index (χ2n) is 5.45. The molecule has 0 saturated heterocycles. The molecule has 0 aliphatic carbocycles. The predicted molar refractivity (Wildman–Crippen MR) is 89.1 cm³/mol. The summed E-state index contributed by atoms with van der Waals surface area (Å²) in [6.45, 7) is 6.93. The highest BCUT2D eigenvalue weighted by Gasteiger charge is 2.14. The van der Waals surface area contributed by atoms with Crippen LogP contribution in [0, 0.1) is 22.3 Å². The summed E-state index contributed by atoms with van der Waals surface area (Å²) >= 11 is 2.27. The lowest BCUT2D eigenvalue weighted by molar-refractivity contribution is -0.117. The number of nitrogens with one attached hydrogen (secondary N) is 1. The fraction of sp³-hybridized carbons (Fsp3) is 0.533. The highest BCUT2D eigenvalue weighted by molar-refractivity contribution is 14.1. The molecule has 1 aromatic rings.